The highest BCUT2D eigenvalue weighted by molar-refractivity contribution is 7.89. The van der Waals surface area contributed by atoms with Crippen molar-refractivity contribution in [3.63, 3.8) is 0 Å². The Hall–Kier alpha value is -2.00. The van der Waals surface area contributed by atoms with E-state index < -0.39 is 27.7 Å². The van der Waals surface area contributed by atoms with Crippen LogP contribution in [-0.2, 0) is 10.0 Å². The molecule has 132 valence electrons. The Morgan fingerprint density at radius 1 is 1.33 bits per heavy atom. The third-order valence-corrected chi connectivity index (χ3v) is 5.89. The smallest absolute Gasteiger partial charge is 0.335 e. The molecule has 24 heavy (non-hydrogen) atoms. The van der Waals surface area contributed by atoms with Gasteiger partial charge in [-0.15, -0.1) is 0 Å². The van der Waals surface area contributed by atoms with Crippen LogP contribution < -0.4 is 5.32 Å². The number of piperidine rings is 1. The first-order valence-corrected chi connectivity index (χ1v) is 9.17. The number of hydrogen-bond acceptors (Lipinski definition) is 4. The molecular formula is C15H19FN2O5S. The lowest BCUT2D eigenvalue weighted by atomic mass is 10.1. The SMILES string of the molecule is CCS(=O)(=O)N1CCC(NC(=O)c2ccc(C(=O)O)cc2F)CC1. The van der Waals surface area contributed by atoms with Gasteiger partial charge in [0.05, 0.1) is 16.9 Å². The number of nitrogens with one attached hydrogen (secondary N) is 1. The van der Waals surface area contributed by atoms with Crippen LogP contribution in [0, 0.1) is 5.82 Å². The van der Waals surface area contributed by atoms with Gasteiger partial charge in [0.1, 0.15) is 5.82 Å². The maximum atomic E-state index is 13.9. The number of carbonyl (C=O) groups is 2. The van der Waals surface area contributed by atoms with E-state index in [1.54, 1.807) is 6.92 Å². The maximum absolute atomic E-state index is 13.9. The Kier molecular flexibility index (Phi) is 5.55. The first-order chi connectivity index (χ1) is 11.2. The highest BCUT2D eigenvalue weighted by atomic mass is 32.2. The summed E-state index contributed by atoms with van der Waals surface area (Å²) in [6.07, 6.45) is 0.888. The Labute approximate surface area is 139 Å². The van der Waals surface area contributed by atoms with Crippen molar-refractivity contribution in [1.29, 1.82) is 0 Å². The lowest BCUT2D eigenvalue weighted by molar-refractivity contribution is 0.0695. The van der Waals surface area contributed by atoms with Crippen LogP contribution in [0.3, 0.4) is 0 Å². The number of carboxylic acids is 1. The van der Waals surface area contributed by atoms with Crippen LogP contribution in [0.15, 0.2) is 18.2 Å². The molecule has 1 fully saturated rings. The van der Waals surface area contributed by atoms with Gasteiger partial charge in [-0.05, 0) is 38.0 Å². The van der Waals surface area contributed by atoms with E-state index in [-0.39, 0.29) is 22.9 Å². The van der Waals surface area contributed by atoms with Crippen molar-refractivity contribution in [1.82, 2.24) is 9.62 Å². The van der Waals surface area contributed by atoms with Crippen LogP contribution in [0.2, 0.25) is 0 Å². The van der Waals surface area contributed by atoms with Gasteiger partial charge in [-0.2, -0.15) is 0 Å². The lowest BCUT2D eigenvalue weighted by Gasteiger charge is -2.31. The van der Waals surface area contributed by atoms with Crippen LogP contribution in [0.5, 0.6) is 0 Å². The zero-order valence-corrected chi connectivity index (χ0v) is 14.0. The summed E-state index contributed by atoms with van der Waals surface area (Å²) in [5.41, 5.74) is -0.467. The minimum atomic E-state index is -3.24. The highest BCUT2D eigenvalue weighted by Gasteiger charge is 2.28. The summed E-state index contributed by atoms with van der Waals surface area (Å²) in [7, 11) is -3.24. The zero-order valence-electron chi connectivity index (χ0n) is 13.2. The Bertz CT molecular complexity index is 742. The normalized spacial score (nSPS) is 16.8. The van der Waals surface area contributed by atoms with Crippen molar-refractivity contribution in [3.8, 4) is 0 Å². The molecular weight excluding hydrogens is 339 g/mol. The summed E-state index contributed by atoms with van der Waals surface area (Å²) in [4.78, 5) is 22.9. The van der Waals surface area contributed by atoms with Crippen molar-refractivity contribution in [2.24, 2.45) is 0 Å². The molecule has 2 rings (SSSR count). The molecule has 1 aliphatic heterocycles. The number of hydrogen-bond donors (Lipinski definition) is 2. The molecule has 0 spiro atoms. The molecule has 0 aliphatic carbocycles. The van der Waals surface area contributed by atoms with Gasteiger partial charge in [-0.25, -0.2) is 21.9 Å². The van der Waals surface area contributed by atoms with Crippen LogP contribution in [-0.4, -0.2) is 54.6 Å². The van der Waals surface area contributed by atoms with Crippen LogP contribution in [0.1, 0.15) is 40.5 Å². The molecule has 7 nitrogen and oxygen atoms in total. The van der Waals surface area contributed by atoms with Gasteiger partial charge in [0.2, 0.25) is 10.0 Å². The standard InChI is InChI=1S/C15H19FN2O5S/c1-2-24(22,23)18-7-5-11(6-8-18)17-14(19)12-4-3-10(15(20)21)9-13(12)16/h3-4,9,11H,2,5-8H2,1H3,(H,17,19)(H,20,21). The first kappa shape index (κ1) is 18.3. The second-order valence-electron chi connectivity index (χ2n) is 5.55. The minimum Gasteiger partial charge on any atom is -0.478 e. The minimum absolute atomic E-state index is 0.0329. The summed E-state index contributed by atoms with van der Waals surface area (Å²) in [6, 6.07) is 2.84. The van der Waals surface area contributed by atoms with E-state index in [0.717, 1.165) is 18.2 Å². The summed E-state index contributed by atoms with van der Waals surface area (Å²) in [5.74, 6) is -2.78. The summed E-state index contributed by atoms with van der Waals surface area (Å²) in [6.45, 7) is 2.19. The van der Waals surface area contributed by atoms with Gasteiger partial charge in [0.15, 0.2) is 0 Å². The second-order valence-corrected chi connectivity index (χ2v) is 7.80. The van der Waals surface area contributed by atoms with E-state index in [1.807, 2.05) is 0 Å². The quantitative estimate of drug-likeness (QED) is 0.819. The zero-order chi connectivity index (χ0) is 17.9. The van der Waals surface area contributed by atoms with E-state index in [2.05, 4.69) is 5.32 Å². The predicted octanol–water partition coefficient (Wildman–Crippen LogP) is 1.07. The van der Waals surface area contributed by atoms with E-state index in [1.165, 1.54) is 4.31 Å². The maximum Gasteiger partial charge on any atom is 0.335 e. The van der Waals surface area contributed by atoms with E-state index >= 15 is 0 Å². The molecule has 0 bridgehead atoms. The van der Waals surface area contributed by atoms with Crippen LogP contribution in [0.4, 0.5) is 4.39 Å². The molecule has 0 radical (unpaired) electrons. The van der Waals surface area contributed by atoms with Crippen molar-refractivity contribution in [2.75, 3.05) is 18.8 Å². The molecule has 1 aromatic rings. The fourth-order valence-corrected chi connectivity index (χ4v) is 3.69. The van der Waals surface area contributed by atoms with Gasteiger partial charge in [0.25, 0.3) is 5.91 Å². The largest absolute Gasteiger partial charge is 0.478 e. The van der Waals surface area contributed by atoms with Crippen molar-refractivity contribution in [2.45, 2.75) is 25.8 Å². The van der Waals surface area contributed by atoms with Gasteiger partial charge < -0.3 is 10.4 Å². The van der Waals surface area contributed by atoms with Gasteiger partial charge >= 0.3 is 5.97 Å². The molecule has 0 atom stereocenters. The Morgan fingerprint density at radius 2 is 1.96 bits per heavy atom. The Morgan fingerprint density at radius 3 is 2.46 bits per heavy atom. The number of aromatic carboxylic acids is 1. The molecule has 1 amide bonds. The van der Waals surface area contributed by atoms with Crippen LogP contribution in [0.25, 0.3) is 0 Å². The van der Waals surface area contributed by atoms with Gasteiger partial charge in [-0.1, -0.05) is 0 Å². The number of nitrogens with zero attached hydrogens (tertiary/aromatic N) is 1. The molecule has 1 aromatic carbocycles. The van der Waals surface area contributed by atoms with Crippen molar-refractivity contribution < 1.29 is 27.5 Å². The van der Waals surface area contributed by atoms with E-state index in [4.69, 9.17) is 5.11 Å². The van der Waals surface area contributed by atoms with Crippen LogP contribution >= 0.6 is 0 Å². The molecule has 2 N–H and O–H groups in total. The fourth-order valence-electron chi connectivity index (χ4n) is 2.56. The number of carboxylic acid groups (broad SMARTS) is 1. The molecule has 1 aliphatic rings. The van der Waals surface area contributed by atoms with E-state index in [0.29, 0.717) is 25.9 Å². The fraction of sp³-hybridized carbons (Fsp3) is 0.467. The number of sulfonamides is 1. The number of amides is 1. The first-order valence-electron chi connectivity index (χ1n) is 7.56. The summed E-state index contributed by atoms with van der Waals surface area (Å²) >= 11 is 0. The van der Waals surface area contributed by atoms with Crippen molar-refractivity contribution in [3.05, 3.63) is 35.1 Å². The monoisotopic (exact) mass is 358 g/mol. The number of rotatable bonds is 5. The molecule has 1 saturated heterocycles. The van der Waals surface area contributed by atoms with Crippen molar-refractivity contribution >= 4 is 21.9 Å². The summed E-state index contributed by atoms with van der Waals surface area (Å²) < 4.78 is 38.8. The topological polar surface area (TPSA) is 104 Å². The number of benzene rings is 1. The third-order valence-electron chi connectivity index (χ3n) is 4.01. The van der Waals surface area contributed by atoms with E-state index in [9.17, 15) is 22.4 Å². The molecule has 0 aromatic heterocycles. The average Bonchev–Trinajstić information content (AvgIpc) is 2.55. The summed E-state index contributed by atoms with van der Waals surface area (Å²) in [5, 5.41) is 11.5. The third kappa shape index (κ3) is 4.09. The molecule has 0 saturated carbocycles. The molecule has 0 unspecified atom stereocenters. The highest BCUT2D eigenvalue weighted by Crippen LogP contribution is 2.16. The Balaban J connectivity index is 1.98. The second kappa shape index (κ2) is 7.27. The van der Waals surface area contributed by atoms with Gasteiger partial charge in [0, 0.05) is 19.1 Å². The lowest BCUT2D eigenvalue weighted by Crippen LogP contribution is -2.47. The van der Waals surface area contributed by atoms with Gasteiger partial charge in [-0.3, -0.25) is 4.79 Å². The predicted molar refractivity (Wildman–Crippen MR) is 84.9 cm³/mol. The average molecular weight is 358 g/mol. The molecule has 1 heterocycles. The number of halogens is 1. The number of carbonyl (C=O) groups excluding carboxylic acids is 1. The molecule has 9 heteroatoms.